The zero-order valence-electron chi connectivity index (χ0n) is 9.97. The molecule has 1 aromatic carbocycles. The largest absolute Gasteiger partial charge is 0.289 e. The Labute approximate surface area is 114 Å². The molecule has 0 bridgehead atoms. The number of nitrogens with one attached hydrogen (secondary N) is 1. The van der Waals surface area contributed by atoms with Gasteiger partial charge in [0.25, 0.3) is 5.91 Å². The van der Waals surface area contributed by atoms with Crippen LogP contribution in [0, 0.1) is 6.92 Å². The predicted octanol–water partition coefficient (Wildman–Crippen LogP) is 2.95. The van der Waals surface area contributed by atoms with Crippen molar-refractivity contribution in [3.05, 3.63) is 51.7 Å². The van der Waals surface area contributed by atoms with E-state index >= 15 is 0 Å². The van der Waals surface area contributed by atoms with Crippen LogP contribution in [0.3, 0.4) is 0 Å². The Morgan fingerprint density at radius 2 is 2.11 bits per heavy atom. The van der Waals surface area contributed by atoms with Crippen molar-refractivity contribution in [3.8, 4) is 0 Å². The molecule has 0 radical (unpaired) electrons. The highest BCUT2D eigenvalue weighted by Crippen LogP contribution is 2.28. The van der Waals surface area contributed by atoms with Crippen LogP contribution in [0.25, 0.3) is 0 Å². The van der Waals surface area contributed by atoms with Gasteiger partial charge in [0.2, 0.25) is 0 Å². The van der Waals surface area contributed by atoms with Gasteiger partial charge in [-0.2, -0.15) is 0 Å². The summed E-state index contributed by atoms with van der Waals surface area (Å²) in [6.45, 7) is 2.03. The summed E-state index contributed by atoms with van der Waals surface area (Å²) < 4.78 is 0. The quantitative estimate of drug-likeness (QED) is 0.391. The second-order valence-electron chi connectivity index (χ2n) is 3.77. The van der Waals surface area contributed by atoms with Crippen LogP contribution in [0.2, 0.25) is 0 Å². The Hall–Kier alpha value is -1.30. The lowest BCUT2D eigenvalue weighted by Crippen LogP contribution is -2.29. The number of hydrogen-bond donors (Lipinski definition) is 2. The van der Waals surface area contributed by atoms with Gasteiger partial charge in [-0.3, -0.25) is 10.2 Å². The standard InChI is InChI=1S/C13H14N2OS2/c1-9-10(7-12(18-9)13(16)15-14)8-17-11-5-3-2-4-6-11/h2-7H,8,14H2,1H3,(H,15,16). The molecule has 0 aliphatic rings. The average Bonchev–Trinajstić information content (AvgIpc) is 2.78. The number of aryl methyl sites for hydroxylation is 1. The molecule has 0 saturated heterocycles. The topological polar surface area (TPSA) is 55.1 Å². The third-order valence-electron chi connectivity index (χ3n) is 2.51. The number of benzene rings is 1. The molecule has 0 atom stereocenters. The summed E-state index contributed by atoms with van der Waals surface area (Å²) in [5.74, 6) is 5.77. The highest BCUT2D eigenvalue weighted by Gasteiger charge is 2.11. The number of hydrogen-bond acceptors (Lipinski definition) is 4. The first-order valence-corrected chi connectivity index (χ1v) is 7.29. The number of nitrogens with two attached hydrogens (primary N) is 1. The second-order valence-corrected chi connectivity index (χ2v) is 6.07. The third kappa shape index (κ3) is 3.13. The van der Waals surface area contributed by atoms with E-state index in [2.05, 4.69) is 17.6 Å². The van der Waals surface area contributed by atoms with Gasteiger partial charge in [-0.25, -0.2) is 5.84 Å². The van der Waals surface area contributed by atoms with Crippen molar-refractivity contribution in [3.63, 3.8) is 0 Å². The van der Waals surface area contributed by atoms with Crippen LogP contribution in [0.1, 0.15) is 20.1 Å². The van der Waals surface area contributed by atoms with Gasteiger partial charge in [0.1, 0.15) is 0 Å². The van der Waals surface area contributed by atoms with E-state index < -0.39 is 0 Å². The predicted molar refractivity (Wildman–Crippen MR) is 76.7 cm³/mol. The Balaban J connectivity index is 2.06. The first-order chi connectivity index (χ1) is 8.70. The summed E-state index contributed by atoms with van der Waals surface area (Å²) in [5.41, 5.74) is 3.35. The molecule has 0 saturated carbocycles. The summed E-state index contributed by atoms with van der Waals surface area (Å²) in [6, 6.07) is 12.1. The Bertz CT molecular complexity index is 537. The lowest BCUT2D eigenvalue weighted by atomic mass is 10.3. The van der Waals surface area contributed by atoms with Crippen molar-refractivity contribution >= 4 is 29.0 Å². The van der Waals surface area contributed by atoms with E-state index in [0.717, 1.165) is 10.6 Å². The number of thioether (sulfide) groups is 1. The van der Waals surface area contributed by atoms with E-state index in [9.17, 15) is 4.79 Å². The van der Waals surface area contributed by atoms with Gasteiger partial charge in [0, 0.05) is 15.5 Å². The zero-order chi connectivity index (χ0) is 13.0. The molecule has 2 aromatic rings. The molecule has 0 fully saturated rings. The molecule has 94 valence electrons. The first kappa shape index (κ1) is 13.1. The van der Waals surface area contributed by atoms with Crippen LogP contribution in [0.5, 0.6) is 0 Å². The smallest absolute Gasteiger partial charge is 0.275 e. The fourth-order valence-electron chi connectivity index (χ4n) is 1.52. The monoisotopic (exact) mass is 278 g/mol. The van der Waals surface area contributed by atoms with Gasteiger partial charge in [0.05, 0.1) is 4.88 Å². The summed E-state index contributed by atoms with van der Waals surface area (Å²) in [5, 5.41) is 0. The number of carbonyl (C=O) groups is 1. The van der Waals surface area contributed by atoms with E-state index in [0.29, 0.717) is 4.88 Å². The first-order valence-electron chi connectivity index (χ1n) is 5.49. The number of carbonyl (C=O) groups excluding carboxylic acids is 1. The van der Waals surface area contributed by atoms with Crippen molar-refractivity contribution in [1.29, 1.82) is 0 Å². The van der Waals surface area contributed by atoms with E-state index in [4.69, 9.17) is 5.84 Å². The fourth-order valence-corrected chi connectivity index (χ4v) is 3.53. The maximum absolute atomic E-state index is 11.4. The number of nitrogen functional groups attached to an aromatic ring is 1. The number of thiophene rings is 1. The molecule has 0 aliphatic heterocycles. The maximum atomic E-state index is 11.4. The van der Waals surface area contributed by atoms with Crippen LogP contribution in [0.4, 0.5) is 0 Å². The van der Waals surface area contributed by atoms with Gasteiger partial charge in [-0.15, -0.1) is 23.1 Å². The van der Waals surface area contributed by atoms with Crippen LogP contribution in [-0.4, -0.2) is 5.91 Å². The summed E-state index contributed by atoms with van der Waals surface area (Å²) in [6.07, 6.45) is 0. The SMILES string of the molecule is Cc1sc(C(=O)NN)cc1CSc1ccccc1. The molecule has 1 amide bonds. The molecular formula is C13H14N2OS2. The van der Waals surface area contributed by atoms with Crippen molar-refractivity contribution in [1.82, 2.24) is 5.43 Å². The molecule has 3 N–H and O–H groups in total. The van der Waals surface area contributed by atoms with E-state index in [-0.39, 0.29) is 5.91 Å². The van der Waals surface area contributed by atoms with E-state index in [1.807, 2.05) is 31.2 Å². The van der Waals surface area contributed by atoms with Crippen LogP contribution in [0.15, 0.2) is 41.3 Å². The third-order valence-corrected chi connectivity index (χ3v) is 4.67. The molecule has 0 spiro atoms. The molecule has 0 aliphatic carbocycles. The van der Waals surface area contributed by atoms with Gasteiger partial charge in [0.15, 0.2) is 0 Å². The number of rotatable bonds is 4. The summed E-state index contributed by atoms with van der Waals surface area (Å²) in [7, 11) is 0. The van der Waals surface area contributed by atoms with Crippen molar-refractivity contribution in [2.75, 3.05) is 0 Å². The van der Waals surface area contributed by atoms with Gasteiger partial charge in [-0.1, -0.05) is 18.2 Å². The van der Waals surface area contributed by atoms with Crippen molar-refractivity contribution in [2.45, 2.75) is 17.6 Å². The molecule has 5 heteroatoms. The maximum Gasteiger partial charge on any atom is 0.275 e. The molecule has 1 heterocycles. The minimum atomic E-state index is -0.223. The second kappa shape index (κ2) is 6.04. The Morgan fingerprint density at radius 3 is 2.78 bits per heavy atom. The fraction of sp³-hybridized carbons (Fsp3) is 0.154. The van der Waals surface area contributed by atoms with Crippen LogP contribution < -0.4 is 11.3 Å². The van der Waals surface area contributed by atoms with Gasteiger partial charge >= 0.3 is 0 Å². The number of hydrazine groups is 1. The molecule has 18 heavy (non-hydrogen) atoms. The highest BCUT2D eigenvalue weighted by molar-refractivity contribution is 7.98. The van der Waals surface area contributed by atoms with Gasteiger partial charge in [-0.05, 0) is 30.7 Å². The average molecular weight is 278 g/mol. The van der Waals surface area contributed by atoms with Crippen molar-refractivity contribution < 1.29 is 4.79 Å². The minimum absolute atomic E-state index is 0.223. The molecule has 3 nitrogen and oxygen atoms in total. The van der Waals surface area contributed by atoms with Gasteiger partial charge < -0.3 is 0 Å². The molecular weight excluding hydrogens is 264 g/mol. The Morgan fingerprint density at radius 1 is 1.39 bits per heavy atom. The molecule has 0 unspecified atom stereocenters. The van der Waals surface area contributed by atoms with E-state index in [1.54, 1.807) is 11.8 Å². The number of amides is 1. The highest BCUT2D eigenvalue weighted by atomic mass is 32.2. The summed E-state index contributed by atoms with van der Waals surface area (Å²) >= 11 is 3.24. The Kier molecular flexibility index (Phi) is 4.41. The van der Waals surface area contributed by atoms with E-state index in [1.165, 1.54) is 21.8 Å². The van der Waals surface area contributed by atoms with Crippen molar-refractivity contribution in [2.24, 2.45) is 5.84 Å². The molecule has 1 aromatic heterocycles. The van der Waals surface area contributed by atoms with Crippen LogP contribution in [-0.2, 0) is 5.75 Å². The zero-order valence-corrected chi connectivity index (χ0v) is 11.6. The normalized spacial score (nSPS) is 10.3. The minimum Gasteiger partial charge on any atom is -0.289 e. The lowest BCUT2D eigenvalue weighted by molar-refractivity contribution is 0.0957. The lowest BCUT2D eigenvalue weighted by Gasteiger charge is -2.00. The summed E-state index contributed by atoms with van der Waals surface area (Å²) in [4.78, 5) is 14.5. The van der Waals surface area contributed by atoms with Crippen LogP contribution >= 0.6 is 23.1 Å². The molecule has 2 rings (SSSR count).